The number of nitrogens with one attached hydrogen (secondary N) is 1. The molecule has 1 aliphatic rings. The van der Waals surface area contributed by atoms with Gasteiger partial charge in [-0.3, -0.25) is 10.1 Å². The van der Waals surface area contributed by atoms with E-state index in [9.17, 15) is 10.1 Å². The van der Waals surface area contributed by atoms with E-state index in [1.807, 2.05) is 11.8 Å². The topological polar surface area (TPSA) is 55.2 Å². The summed E-state index contributed by atoms with van der Waals surface area (Å²) < 4.78 is 0. The quantitative estimate of drug-likeness (QED) is 0.622. The summed E-state index contributed by atoms with van der Waals surface area (Å²) in [7, 11) is 0. The fourth-order valence-electron chi connectivity index (χ4n) is 2.45. The van der Waals surface area contributed by atoms with E-state index in [0.29, 0.717) is 21.8 Å². The largest absolute Gasteiger partial charge is 0.380 e. The number of nitro benzene ring substituents is 1. The average molecular weight is 335 g/mol. The Morgan fingerprint density at radius 1 is 1.25 bits per heavy atom. The Kier molecular flexibility index (Phi) is 5.41. The van der Waals surface area contributed by atoms with E-state index in [4.69, 9.17) is 23.2 Å². The molecular formula is C13H16Cl2N2O2S. The van der Waals surface area contributed by atoms with Crippen LogP contribution >= 0.6 is 35.0 Å². The molecule has 4 nitrogen and oxygen atoms in total. The average Bonchev–Trinajstić information content (AvgIpc) is 2.43. The predicted octanol–water partition coefficient (Wildman–Crippen LogP) is 4.99. The fourth-order valence-corrected chi connectivity index (χ4v) is 3.78. The SMILES string of the molecule is CSC1CCC(Nc2c(Cl)cc([N+](=O)[O-])cc2Cl)CC1. The van der Waals surface area contributed by atoms with Gasteiger partial charge in [0.15, 0.2) is 0 Å². The van der Waals surface area contributed by atoms with Crippen molar-refractivity contribution in [2.24, 2.45) is 0 Å². The molecule has 1 saturated carbocycles. The summed E-state index contributed by atoms with van der Waals surface area (Å²) in [4.78, 5) is 10.2. The molecule has 0 unspecified atom stereocenters. The van der Waals surface area contributed by atoms with Crippen molar-refractivity contribution in [3.05, 3.63) is 32.3 Å². The number of nitrogens with zero attached hydrogens (tertiary/aromatic N) is 1. The molecule has 0 amide bonds. The Morgan fingerprint density at radius 2 is 1.80 bits per heavy atom. The monoisotopic (exact) mass is 334 g/mol. The summed E-state index contributed by atoms with van der Waals surface area (Å²) in [5.41, 5.74) is 0.517. The summed E-state index contributed by atoms with van der Waals surface area (Å²) in [6, 6.07) is 3.00. The highest BCUT2D eigenvalue weighted by Crippen LogP contribution is 2.37. The zero-order chi connectivity index (χ0) is 14.7. The van der Waals surface area contributed by atoms with Crippen molar-refractivity contribution < 1.29 is 4.92 Å². The van der Waals surface area contributed by atoms with Gasteiger partial charge in [-0.25, -0.2) is 0 Å². The molecule has 0 heterocycles. The zero-order valence-electron chi connectivity index (χ0n) is 11.1. The van der Waals surface area contributed by atoms with Crippen molar-refractivity contribution in [3.8, 4) is 0 Å². The van der Waals surface area contributed by atoms with Crippen molar-refractivity contribution >= 4 is 46.3 Å². The summed E-state index contributed by atoms with van der Waals surface area (Å²) in [6.45, 7) is 0. The molecular weight excluding hydrogens is 319 g/mol. The highest BCUT2D eigenvalue weighted by molar-refractivity contribution is 7.99. The first-order valence-corrected chi connectivity index (χ1v) is 8.48. The minimum Gasteiger partial charge on any atom is -0.380 e. The van der Waals surface area contributed by atoms with E-state index in [0.717, 1.165) is 18.1 Å². The number of thioether (sulfide) groups is 1. The molecule has 1 fully saturated rings. The third-order valence-corrected chi connectivity index (χ3v) is 5.33. The highest BCUT2D eigenvalue weighted by Gasteiger charge is 2.22. The van der Waals surface area contributed by atoms with Crippen LogP contribution in [0.15, 0.2) is 12.1 Å². The lowest BCUT2D eigenvalue weighted by Gasteiger charge is -2.29. The van der Waals surface area contributed by atoms with Gasteiger partial charge in [0.05, 0.1) is 20.7 Å². The maximum atomic E-state index is 10.7. The van der Waals surface area contributed by atoms with Crippen LogP contribution in [0.4, 0.5) is 11.4 Å². The van der Waals surface area contributed by atoms with Gasteiger partial charge in [-0.2, -0.15) is 11.8 Å². The Balaban J connectivity index is 2.08. The van der Waals surface area contributed by atoms with Crippen molar-refractivity contribution in [1.29, 1.82) is 0 Å². The van der Waals surface area contributed by atoms with E-state index >= 15 is 0 Å². The van der Waals surface area contributed by atoms with Crippen LogP contribution in [0.25, 0.3) is 0 Å². The lowest BCUT2D eigenvalue weighted by Crippen LogP contribution is -2.27. The van der Waals surface area contributed by atoms with Gasteiger partial charge >= 0.3 is 0 Å². The molecule has 0 saturated heterocycles. The molecule has 1 aromatic rings. The first-order chi connectivity index (χ1) is 9.51. The zero-order valence-corrected chi connectivity index (χ0v) is 13.4. The molecule has 0 atom stereocenters. The smallest absolute Gasteiger partial charge is 0.272 e. The summed E-state index contributed by atoms with van der Waals surface area (Å²) in [5, 5.41) is 15.4. The van der Waals surface area contributed by atoms with Crippen LogP contribution < -0.4 is 5.32 Å². The van der Waals surface area contributed by atoms with E-state index in [2.05, 4.69) is 11.6 Å². The Labute approximate surface area is 132 Å². The Morgan fingerprint density at radius 3 is 2.25 bits per heavy atom. The minimum atomic E-state index is -0.495. The van der Waals surface area contributed by atoms with Crippen LogP contribution in [0.1, 0.15) is 25.7 Å². The number of halogens is 2. The van der Waals surface area contributed by atoms with Crippen molar-refractivity contribution in [3.63, 3.8) is 0 Å². The molecule has 1 aromatic carbocycles. The van der Waals surface area contributed by atoms with Gasteiger partial charge in [0.25, 0.3) is 5.69 Å². The van der Waals surface area contributed by atoms with Crippen molar-refractivity contribution in [2.45, 2.75) is 37.0 Å². The molecule has 0 spiro atoms. The first-order valence-electron chi connectivity index (χ1n) is 6.44. The second kappa shape index (κ2) is 6.87. The van der Waals surface area contributed by atoms with Crippen LogP contribution in [-0.4, -0.2) is 22.5 Å². The van der Waals surface area contributed by atoms with Gasteiger partial charge in [0, 0.05) is 23.4 Å². The number of nitro groups is 1. The number of hydrogen-bond donors (Lipinski definition) is 1. The summed E-state index contributed by atoms with van der Waals surface area (Å²) in [6.07, 6.45) is 6.61. The molecule has 0 aliphatic heterocycles. The Bertz CT molecular complexity index is 482. The summed E-state index contributed by atoms with van der Waals surface area (Å²) >= 11 is 14.1. The van der Waals surface area contributed by atoms with Gasteiger partial charge < -0.3 is 5.32 Å². The lowest BCUT2D eigenvalue weighted by molar-refractivity contribution is -0.384. The highest BCUT2D eigenvalue weighted by atomic mass is 35.5. The lowest BCUT2D eigenvalue weighted by atomic mass is 9.95. The maximum Gasteiger partial charge on any atom is 0.272 e. The molecule has 7 heteroatoms. The molecule has 20 heavy (non-hydrogen) atoms. The van der Waals surface area contributed by atoms with Crippen molar-refractivity contribution in [1.82, 2.24) is 0 Å². The summed E-state index contributed by atoms with van der Waals surface area (Å²) in [5.74, 6) is 0. The molecule has 0 aromatic heterocycles. The normalized spacial score (nSPS) is 22.6. The molecule has 1 N–H and O–H groups in total. The van der Waals surface area contributed by atoms with Crippen molar-refractivity contribution in [2.75, 3.05) is 11.6 Å². The van der Waals surface area contributed by atoms with Gasteiger partial charge in [-0.1, -0.05) is 23.2 Å². The molecule has 1 aliphatic carbocycles. The molecule has 110 valence electrons. The van der Waals surface area contributed by atoms with Crippen LogP contribution in [0.5, 0.6) is 0 Å². The second-order valence-electron chi connectivity index (χ2n) is 4.90. The molecule has 0 bridgehead atoms. The van der Waals surface area contributed by atoms with Gasteiger partial charge in [0.1, 0.15) is 0 Å². The standard InChI is InChI=1S/C13H16Cl2N2O2S/c1-20-10-4-2-8(3-5-10)16-13-11(14)6-9(17(18)19)7-12(13)15/h6-8,10,16H,2-5H2,1H3. The van der Waals surface area contributed by atoms with E-state index in [1.165, 1.54) is 25.0 Å². The van der Waals surface area contributed by atoms with E-state index in [1.54, 1.807) is 0 Å². The third-order valence-electron chi connectivity index (χ3n) is 3.59. The van der Waals surface area contributed by atoms with Crippen LogP contribution in [0.2, 0.25) is 10.0 Å². The molecule has 0 radical (unpaired) electrons. The predicted molar refractivity (Wildman–Crippen MR) is 86.3 cm³/mol. The second-order valence-corrected chi connectivity index (χ2v) is 6.85. The van der Waals surface area contributed by atoms with Gasteiger partial charge in [-0.05, 0) is 31.9 Å². The molecule has 2 rings (SSSR count). The Hall–Kier alpha value is -0.650. The maximum absolute atomic E-state index is 10.7. The van der Waals surface area contributed by atoms with E-state index in [-0.39, 0.29) is 5.69 Å². The number of benzene rings is 1. The number of rotatable bonds is 4. The first kappa shape index (κ1) is 15.7. The third kappa shape index (κ3) is 3.71. The minimum absolute atomic E-state index is 0.0864. The number of hydrogen-bond acceptors (Lipinski definition) is 4. The van der Waals surface area contributed by atoms with Gasteiger partial charge in [0.2, 0.25) is 0 Å². The van der Waals surface area contributed by atoms with Crippen LogP contribution in [-0.2, 0) is 0 Å². The number of anilines is 1. The van der Waals surface area contributed by atoms with Crippen LogP contribution in [0, 0.1) is 10.1 Å². The number of non-ortho nitro benzene ring substituents is 1. The van der Waals surface area contributed by atoms with Crippen LogP contribution in [0.3, 0.4) is 0 Å². The fraction of sp³-hybridized carbons (Fsp3) is 0.538. The van der Waals surface area contributed by atoms with Gasteiger partial charge in [-0.15, -0.1) is 0 Å². The van der Waals surface area contributed by atoms with E-state index < -0.39 is 4.92 Å².